The molecule has 0 unspecified atom stereocenters. The number of carbonyl (C=O) groups excluding carboxylic acids is 1. The molecule has 31 heavy (non-hydrogen) atoms. The van der Waals surface area contributed by atoms with E-state index in [0.717, 1.165) is 11.8 Å². The third-order valence-electron chi connectivity index (χ3n) is 5.19. The number of ketones is 1. The number of benzene rings is 3. The van der Waals surface area contributed by atoms with E-state index in [9.17, 15) is 17.6 Å². The maximum atomic E-state index is 13.5. The van der Waals surface area contributed by atoms with Crippen molar-refractivity contribution < 1.29 is 17.6 Å². The molecule has 0 fully saturated rings. The van der Waals surface area contributed by atoms with E-state index in [0.29, 0.717) is 28.2 Å². The first-order valence-electron chi connectivity index (χ1n) is 9.64. The zero-order valence-electron chi connectivity index (χ0n) is 17.0. The van der Waals surface area contributed by atoms with Crippen LogP contribution in [0.15, 0.2) is 89.8 Å². The summed E-state index contributed by atoms with van der Waals surface area (Å²) in [6.07, 6.45) is 1.16. The summed E-state index contributed by atoms with van der Waals surface area (Å²) in [7, 11) is -3.32. The number of hydrogen-bond acceptors (Lipinski definition) is 3. The molecule has 156 valence electrons. The molecule has 3 aromatic carbocycles. The Bertz CT molecular complexity index is 1360. The Morgan fingerprint density at radius 3 is 2.06 bits per heavy atom. The van der Waals surface area contributed by atoms with E-state index in [1.165, 1.54) is 12.1 Å². The van der Waals surface area contributed by atoms with Crippen LogP contribution in [0.4, 0.5) is 4.39 Å². The average molecular weight is 434 g/mol. The number of rotatable bonds is 5. The van der Waals surface area contributed by atoms with E-state index in [2.05, 4.69) is 0 Å². The van der Waals surface area contributed by atoms with Crippen LogP contribution in [0.25, 0.3) is 16.9 Å². The van der Waals surface area contributed by atoms with Crippen LogP contribution in [0.1, 0.15) is 21.6 Å². The number of halogens is 1. The lowest BCUT2D eigenvalue weighted by molar-refractivity contribution is 0.103. The van der Waals surface area contributed by atoms with Gasteiger partial charge in [-0.1, -0.05) is 42.5 Å². The van der Waals surface area contributed by atoms with Crippen molar-refractivity contribution in [2.75, 3.05) is 6.26 Å². The van der Waals surface area contributed by atoms with Crippen LogP contribution >= 0.6 is 0 Å². The van der Waals surface area contributed by atoms with Crippen molar-refractivity contribution in [1.29, 1.82) is 0 Å². The van der Waals surface area contributed by atoms with Crippen molar-refractivity contribution in [3.05, 3.63) is 108 Å². The summed E-state index contributed by atoms with van der Waals surface area (Å²) >= 11 is 0. The summed E-state index contributed by atoms with van der Waals surface area (Å²) in [5, 5.41) is 0. The first kappa shape index (κ1) is 20.8. The van der Waals surface area contributed by atoms with Crippen LogP contribution in [-0.4, -0.2) is 25.0 Å². The van der Waals surface area contributed by atoms with Crippen LogP contribution in [0.5, 0.6) is 0 Å². The molecule has 6 heteroatoms. The van der Waals surface area contributed by atoms with Crippen molar-refractivity contribution in [2.24, 2.45) is 0 Å². The van der Waals surface area contributed by atoms with Crippen LogP contribution in [0.2, 0.25) is 0 Å². The molecule has 0 N–H and O–H groups in total. The number of carbonyl (C=O) groups is 1. The van der Waals surface area contributed by atoms with Gasteiger partial charge in [0.1, 0.15) is 5.82 Å². The van der Waals surface area contributed by atoms with Crippen LogP contribution in [-0.2, 0) is 9.84 Å². The van der Waals surface area contributed by atoms with Crippen molar-refractivity contribution in [1.82, 2.24) is 4.57 Å². The monoisotopic (exact) mass is 433 g/mol. The highest BCUT2D eigenvalue weighted by atomic mass is 32.2. The van der Waals surface area contributed by atoms with Gasteiger partial charge in [0.25, 0.3) is 0 Å². The third-order valence-corrected chi connectivity index (χ3v) is 6.32. The van der Waals surface area contributed by atoms with Gasteiger partial charge in [0, 0.05) is 28.8 Å². The highest BCUT2D eigenvalue weighted by molar-refractivity contribution is 7.90. The second kappa shape index (κ2) is 7.96. The molecule has 0 saturated heterocycles. The number of sulfone groups is 1. The summed E-state index contributed by atoms with van der Waals surface area (Å²) in [6.45, 7) is 1.84. The van der Waals surface area contributed by atoms with Gasteiger partial charge in [0.2, 0.25) is 0 Å². The van der Waals surface area contributed by atoms with Crippen molar-refractivity contribution in [3.8, 4) is 16.9 Å². The highest BCUT2D eigenvalue weighted by Crippen LogP contribution is 2.31. The molecular weight excluding hydrogens is 413 g/mol. The van der Waals surface area contributed by atoms with Gasteiger partial charge in [0.15, 0.2) is 15.6 Å². The molecule has 0 aliphatic heterocycles. The van der Waals surface area contributed by atoms with E-state index in [1.807, 2.05) is 29.7 Å². The standard InChI is InChI=1S/C25H20FNO3S/c1-17-23(25(28)19-6-4-3-5-7-19)16-24(27(17)21-12-10-20(26)11-13-21)18-8-14-22(15-9-18)31(2,29)30/h3-16H,1-2H3. The van der Waals surface area contributed by atoms with Gasteiger partial charge in [0.05, 0.1) is 10.6 Å². The summed E-state index contributed by atoms with van der Waals surface area (Å²) in [5.74, 6) is -0.471. The van der Waals surface area contributed by atoms with Crippen molar-refractivity contribution >= 4 is 15.6 Å². The van der Waals surface area contributed by atoms with E-state index in [-0.39, 0.29) is 16.5 Å². The first-order chi connectivity index (χ1) is 14.8. The molecule has 0 bridgehead atoms. The third kappa shape index (κ3) is 4.07. The summed E-state index contributed by atoms with van der Waals surface area (Å²) in [4.78, 5) is 13.4. The lowest BCUT2D eigenvalue weighted by Crippen LogP contribution is -2.04. The normalized spacial score (nSPS) is 11.5. The number of nitrogens with zero attached hydrogens (tertiary/aromatic N) is 1. The zero-order chi connectivity index (χ0) is 22.2. The molecule has 0 amide bonds. The summed E-state index contributed by atoms with van der Waals surface area (Å²) in [6, 6.07) is 23.3. The molecule has 0 radical (unpaired) electrons. The predicted octanol–water partition coefficient (Wildman–Crippen LogP) is 5.23. The Morgan fingerprint density at radius 1 is 0.871 bits per heavy atom. The van der Waals surface area contributed by atoms with E-state index in [1.54, 1.807) is 54.6 Å². The molecule has 0 atom stereocenters. The van der Waals surface area contributed by atoms with Crippen LogP contribution in [0.3, 0.4) is 0 Å². The molecule has 0 aliphatic carbocycles. The lowest BCUT2D eigenvalue weighted by atomic mass is 10.0. The Kier molecular flexibility index (Phi) is 5.33. The number of aromatic nitrogens is 1. The minimum atomic E-state index is -3.32. The zero-order valence-corrected chi connectivity index (χ0v) is 17.9. The number of hydrogen-bond donors (Lipinski definition) is 0. The minimum Gasteiger partial charge on any atom is -0.313 e. The van der Waals surface area contributed by atoms with E-state index < -0.39 is 9.84 Å². The van der Waals surface area contributed by atoms with Gasteiger partial charge >= 0.3 is 0 Å². The SMILES string of the molecule is Cc1c(C(=O)c2ccccc2)cc(-c2ccc(S(C)(=O)=O)cc2)n1-c1ccc(F)cc1. The smallest absolute Gasteiger partial charge is 0.194 e. The van der Waals surface area contributed by atoms with Crippen molar-refractivity contribution in [3.63, 3.8) is 0 Å². The Labute approximate surface area is 180 Å². The maximum Gasteiger partial charge on any atom is 0.194 e. The second-order valence-corrected chi connectivity index (χ2v) is 9.35. The van der Waals surface area contributed by atoms with Gasteiger partial charge < -0.3 is 4.57 Å². The van der Waals surface area contributed by atoms with Gasteiger partial charge in [-0.05, 0) is 55.0 Å². The molecule has 0 aliphatic rings. The second-order valence-electron chi connectivity index (χ2n) is 7.33. The maximum absolute atomic E-state index is 13.5. The van der Waals surface area contributed by atoms with E-state index >= 15 is 0 Å². The Balaban J connectivity index is 1.91. The summed E-state index contributed by atoms with van der Waals surface area (Å²) < 4.78 is 39.0. The highest BCUT2D eigenvalue weighted by Gasteiger charge is 2.21. The van der Waals surface area contributed by atoms with Gasteiger partial charge in [-0.25, -0.2) is 12.8 Å². The van der Waals surface area contributed by atoms with Gasteiger partial charge in [-0.3, -0.25) is 4.79 Å². The fourth-order valence-corrected chi connectivity index (χ4v) is 4.22. The van der Waals surface area contributed by atoms with Gasteiger partial charge in [-0.2, -0.15) is 0 Å². The van der Waals surface area contributed by atoms with E-state index in [4.69, 9.17) is 0 Å². The van der Waals surface area contributed by atoms with Crippen LogP contribution < -0.4 is 0 Å². The fraction of sp³-hybridized carbons (Fsp3) is 0.0800. The molecule has 1 heterocycles. The summed E-state index contributed by atoms with van der Waals surface area (Å²) in [5.41, 5.74) is 3.96. The Hall–Kier alpha value is -3.51. The molecule has 0 spiro atoms. The molecule has 4 aromatic rings. The topological polar surface area (TPSA) is 56.1 Å². The Morgan fingerprint density at radius 2 is 1.48 bits per heavy atom. The first-order valence-corrected chi connectivity index (χ1v) is 11.5. The molecule has 4 rings (SSSR count). The van der Waals surface area contributed by atoms with Gasteiger partial charge in [-0.15, -0.1) is 0 Å². The molecular formula is C25H20FNO3S. The molecule has 0 saturated carbocycles. The lowest BCUT2D eigenvalue weighted by Gasteiger charge is -2.13. The van der Waals surface area contributed by atoms with Crippen molar-refractivity contribution in [2.45, 2.75) is 11.8 Å². The largest absolute Gasteiger partial charge is 0.313 e. The molecule has 1 aromatic heterocycles. The average Bonchev–Trinajstić information content (AvgIpc) is 3.11. The van der Waals surface area contributed by atoms with Crippen LogP contribution in [0, 0.1) is 12.7 Å². The predicted molar refractivity (Wildman–Crippen MR) is 119 cm³/mol. The fourth-order valence-electron chi connectivity index (χ4n) is 3.59. The molecule has 4 nitrogen and oxygen atoms in total. The minimum absolute atomic E-state index is 0.118. The quantitative estimate of drug-likeness (QED) is 0.405.